The number of nitrogens with zero attached hydrogens (tertiary/aromatic N) is 3. The van der Waals surface area contributed by atoms with Gasteiger partial charge in [-0.2, -0.15) is 5.10 Å². The van der Waals surface area contributed by atoms with E-state index in [0.717, 1.165) is 11.1 Å². The van der Waals surface area contributed by atoms with Gasteiger partial charge in [0.1, 0.15) is 5.69 Å². The van der Waals surface area contributed by atoms with E-state index in [4.69, 9.17) is 0 Å². The van der Waals surface area contributed by atoms with Gasteiger partial charge < -0.3 is 10.2 Å². The van der Waals surface area contributed by atoms with Crippen molar-refractivity contribution < 1.29 is 9.59 Å². The second kappa shape index (κ2) is 7.29. The maximum atomic E-state index is 12.2. The van der Waals surface area contributed by atoms with Crippen molar-refractivity contribution in [2.24, 2.45) is 7.05 Å². The number of benzene rings is 1. The van der Waals surface area contributed by atoms with Crippen LogP contribution in [0.5, 0.6) is 0 Å². The minimum Gasteiger partial charge on any atom is -0.346 e. The van der Waals surface area contributed by atoms with Crippen molar-refractivity contribution in [2.75, 3.05) is 13.1 Å². The maximum Gasteiger partial charge on any atom is 0.272 e. The number of hydrogen-bond acceptors (Lipinski definition) is 4. The smallest absolute Gasteiger partial charge is 0.272 e. The molecule has 1 N–H and O–H groups in total. The predicted molar refractivity (Wildman–Crippen MR) is 92.1 cm³/mol. The lowest BCUT2D eigenvalue weighted by atomic mass is 10.1. The average molecular weight is 340 g/mol. The first-order valence-corrected chi connectivity index (χ1v) is 8.20. The predicted octanol–water partition coefficient (Wildman–Crippen LogP) is 0.354. The molecule has 2 aromatic rings. The van der Waals surface area contributed by atoms with Crippen molar-refractivity contribution in [1.82, 2.24) is 20.0 Å². The van der Waals surface area contributed by atoms with Gasteiger partial charge in [-0.25, -0.2) is 4.68 Å². The molecule has 0 spiro atoms. The number of aromatic nitrogens is 2. The first-order chi connectivity index (χ1) is 12.0. The highest BCUT2D eigenvalue weighted by atomic mass is 16.2. The number of rotatable bonds is 5. The van der Waals surface area contributed by atoms with Crippen LogP contribution in [-0.2, 0) is 18.3 Å². The van der Waals surface area contributed by atoms with E-state index >= 15 is 0 Å². The fourth-order valence-electron chi connectivity index (χ4n) is 2.88. The zero-order chi connectivity index (χ0) is 17.8. The number of carbonyl (C=O) groups excluding carboxylic acids is 2. The molecule has 3 rings (SSSR count). The molecule has 1 saturated heterocycles. The molecule has 25 heavy (non-hydrogen) atoms. The minimum atomic E-state index is -0.377. The number of hydrogen-bond donors (Lipinski definition) is 1. The summed E-state index contributed by atoms with van der Waals surface area (Å²) in [4.78, 5) is 37.5. The Bertz CT molecular complexity index is 832. The lowest BCUT2D eigenvalue weighted by Crippen LogP contribution is -2.38. The Labute approximate surface area is 145 Å². The molecule has 1 aliphatic rings. The van der Waals surface area contributed by atoms with E-state index < -0.39 is 0 Å². The quantitative estimate of drug-likeness (QED) is 0.851. The van der Waals surface area contributed by atoms with E-state index in [-0.39, 0.29) is 35.5 Å². The molecule has 1 atom stereocenters. The highest BCUT2D eigenvalue weighted by Gasteiger charge is 2.30. The molecule has 7 heteroatoms. The van der Waals surface area contributed by atoms with Crippen LogP contribution in [-0.4, -0.2) is 45.6 Å². The first kappa shape index (κ1) is 16.9. The van der Waals surface area contributed by atoms with E-state index in [2.05, 4.69) is 10.4 Å². The minimum absolute atomic E-state index is 0.0367. The average Bonchev–Trinajstić information content (AvgIpc) is 2.95. The van der Waals surface area contributed by atoms with Crippen LogP contribution < -0.4 is 10.9 Å². The standard InChI is InChI=1S/C18H20N4O3/c1-21-16(23)8-7-15(20-21)18(25)19-14-11-17(24)22(12-14)10-9-13-5-3-2-4-6-13/h2-8,14H,9-12H2,1H3,(H,19,25)/t14-/m0/s1. The van der Waals surface area contributed by atoms with Gasteiger partial charge in [0.25, 0.3) is 11.5 Å². The summed E-state index contributed by atoms with van der Waals surface area (Å²) >= 11 is 0. The summed E-state index contributed by atoms with van der Waals surface area (Å²) in [5, 5.41) is 6.74. The molecule has 1 aliphatic heterocycles. The van der Waals surface area contributed by atoms with Gasteiger partial charge in [0.15, 0.2) is 0 Å². The monoisotopic (exact) mass is 340 g/mol. The fourth-order valence-corrected chi connectivity index (χ4v) is 2.88. The summed E-state index contributed by atoms with van der Waals surface area (Å²) in [6.07, 6.45) is 1.07. The molecule has 0 aliphatic carbocycles. The number of aryl methyl sites for hydroxylation is 1. The van der Waals surface area contributed by atoms with Gasteiger partial charge in [-0.15, -0.1) is 0 Å². The number of likely N-dealkylation sites (tertiary alicyclic amines) is 1. The van der Waals surface area contributed by atoms with Crippen molar-refractivity contribution in [3.63, 3.8) is 0 Å². The van der Waals surface area contributed by atoms with Crippen molar-refractivity contribution >= 4 is 11.8 Å². The Hall–Kier alpha value is -2.96. The molecule has 130 valence electrons. The first-order valence-electron chi connectivity index (χ1n) is 8.20. The van der Waals surface area contributed by atoms with Gasteiger partial charge in [-0.1, -0.05) is 30.3 Å². The molecule has 7 nitrogen and oxygen atoms in total. The van der Waals surface area contributed by atoms with Crippen LogP contribution >= 0.6 is 0 Å². The molecule has 1 aromatic heterocycles. The third kappa shape index (κ3) is 4.12. The largest absolute Gasteiger partial charge is 0.346 e. The van der Waals surface area contributed by atoms with Crippen LogP contribution in [0.3, 0.4) is 0 Å². The van der Waals surface area contributed by atoms with Crippen LogP contribution in [0.2, 0.25) is 0 Å². The van der Waals surface area contributed by atoms with E-state index in [1.54, 1.807) is 4.90 Å². The zero-order valence-corrected chi connectivity index (χ0v) is 14.0. The topological polar surface area (TPSA) is 84.3 Å². The fraction of sp³-hybridized carbons (Fsp3) is 0.333. The number of carbonyl (C=O) groups is 2. The van der Waals surface area contributed by atoms with Gasteiger partial charge in [0.2, 0.25) is 5.91 Å². The Morgan fingerprint density at radius 1 is 1.20 bits per heavy atom. The van der Waals surface area contributed by atoms with Crippen LogP contribution in [0.25, 0.3) is 0 Å². The Morgan fingerprint density at radius 3 is 2.68 bits per heavy atom. The van der Waals surface area contributed by atoms with Gasteiger partial charge >= 0.3 is 0 Å². The molecule has 0 radical (unpaired) electrons. The van der Waals surface area contributed by atoms with Crippen LogP contribution in [0.1, 0.15) is 22.5 Å². The molecule has 0 unspecified atom stereocenters. The van der Waals surface area contributed by atoms with Gasteiger partial charge in [0.05, 0.1) is 6.04 Å². The van der Waals surface area contributed by atoms with E-state index in [9.17, 15) is 14.4 Å². The molecule has 1 fully saturated rings. The van der Waals surface area contributed by atoms with Crippen molar-refractivity contribution in [3.8, 4) is 0 Å². The molecular weight excluding hydrogens is 320 g/mol. The number of nitrogens with one attached hydrogen (secondary N) is 1. The molecule has 0 saturated carbocycles. The molecule has 0 bridgehead atoms. The Balaban J connectivity index is 1.56. The number of amides is 2. The van der Waals surface area contributed by atoms with E-state index in [1.165, 1.54) is 24.7 Å². The summed E-state index contributed by atoms with van der Waals surface area (Å²) in [6, 6.07) is 12.4. The van der Waals surface area contributed by atoms with Crippen LogP contribution in [0.4, 0.5) is 0 Å². The van der Waals surface area contributed by atoms with Crippen LogP contribution in [0.15, 0.2) is 47.3 Å². The third-order valence-corrected chi connectivity index (χ3v) is 4.26. The lowest BCUT2D eigenvalue weighted by Gasteiger charge is -2.17. The maximum absolute atomic E-state index is 12.2. The summed E-state index contributed by atoms with van der Waals surface area (Å²) in [6.45, 7) is 1.12. The van der Waals surface area contributed by atoms with Crippen LogP contribution in [0, 0.1) is 0 Å². The van der Waals surface area contributed by atoms with Gasteiger partial charge in [0, 0.05) is 32.6 Å². The summed E-state index contributed by atoms with van der Waals surface area (Å²) in [7, 11) is 1.49. The van der Waals surface area contributed by atoms with Gasteiger partial charge in [-0.05, 0) is 18.1 Å². The molecular formula is C18H20N4O3. The molecule has 2 amide bonds. The van der Waals surface area contributed by atoms with E-state index in [0.29, 0.717) is 13.1 Å². The highest BCUT2D eigenvalue weighted by molar-refractivity contribution is 5.93. The lowest BCUT2D eigenvalue weighted by molar-refractivity contribution is -0.127. The highest BCUT2D eigenvalue weighted by Crippen LogP contribution is 2.13. The summed E-state index contributed by atoms with van der Waals surface area (Å²) in [5.41, 5.74) is 1.06. The van der Waals surface area contributed by atoms with Crippen molar-refractivity contribution in [3.05, 3.63) is 64.1 Å². The second-order valence-corrected chi connectivity index (χ2v) is 6.13. The van der Waals surface area contributed by atoms with Crippen molar-refractivity contribution in [1.29, 1.82) is 0 Å². The zero-order valence-electron chi connectivity index (χ0n) is 14.0. The second-order valence-electron chi connectivity index (χ2n) is 6.13. The summed E-state index contributed by atoms with van der Waals surface area (Å²) in [5.74, 6) is -0.340. The van der Waals surface area contributed by atoms with Gasteiger partial charge in [-0.3, -0.25) is 14.4 Å². The molecule has 1 aromatic carbocycles. The third-order valence-electron chi connectivity index (χ3n) is 4.26. The molecule has 2 heterocycles. The van der Waals surface area contributed by atoms with Crippen molar-refractivity contribution in [2.45, 2.75) is 18.9 Å². The SMILES string of the molecule is Cn1nc(C(=O)N[C@H]2CC(=O)N(CCc3ccccc3)C2)ccc1=O. The Kier molecular flexibility index (Phi) is 4.92. The summed E-state index contributed by atoms with van der Waals surface area (Å²) < 4.78 is 1.11. The Morgan fingerprint density at radius 2 is 1.96 bits per heavy atom. The van der Waals surface area contributed by atoms with E-state index in [1.807, 2.05) is 30.3 Å². The normalized spacial score (nSPS) is 16.9.